The van der Waals surface area contributed by atoms with Crippen molar-refractivity contribution in [3.05, 3.63) is 58.5 Å². The number of nitrogens with zero attached hydrogens (tertiary/aromatic N) is 3. The van der Waals surface area contributed by atoms with Crippen molar-refractivity contribution in [3.8, 4) is 0 Å². The van der Waals surface area contributed by atoms with Crippen LogP contribution in [0.1, 0.15) is 36.8 Å². The van der Waals surface area contributed by atoms with Crippen LogP contribution in [0.15, 0.2) is 36.4 Å². The molecule has 3 N–H and O–H groups in total. The number of nitrogens with two attached hydrogens (primary N) is 1. The number of hydrogen-bond acceptors (Lipinski definition) is 5. The zero-order valence-corrected chi connectivity index (χ0v) is 19.3. The summed E-state index contributed by atoms with van der Waals surface area (Å²) in [6.07, 6.45) is 0. The lowest BCUT2D eigenvalue weighted by molar-refractivity contribution is -0.138. The van der Waals surface area contributed by atoms with Crippen LogP contribution in [0, 0.1) is 5.82 Å². The van der Waals surface area contributed by atoms with E-state index in [-0.39, 0.29) is 53.6 Å². The van der Waals surface area contributed by atoms with Crippen molar-refractivity contribution >= 4 is 45.8 Å². The van der Waals surface area contributed by atoms with Crippen LogP contribution in [-0.2, 0) is 22.7 Å². The summed E-state index contributed by atoms with van der Waals surface area (Å²) in [5, 5.41) is 7.44. The summed E-state index contributed by atoms with van der Waals surface area (Å²) in [6.45, 7) is 4.52. The van der Waals surface area contributed by atoms with Gasteiger partial charge in [0, 0.05) is 36.1 Å². The van der Waals surface area contributed by atoms with Crippen molar-refractivity contribution in [2.75, 3.05) is 12.3 Å². The molecule has 3 rings (SSSR count). The van der Waals surface area contributed by atoms with Gasteiger partial charge in [0.25, 0.3) is 0 Å². The quantitative estimate of drug-likeness (QED) is 0.385. The average Bonchev–Trinajstić information content (AvgIpc) is 3.10. The normalized spacial score (nSPS) is 11.1. The molecule has 0 atom stereocenters. The lowest BCUT2D eigenvalue weighted by Crippen LogP contribution is -2.45. The van der Waals surface area contributed by atoms with Gasteiger partial charge in [-0.3, -0.25) is 19.1 Å². The number of hydrogen-bond donors (Lipinski definition) is 2. The fourth-order valence-corrected chi connectivity index (χ4v) is 3.64. The highest BCUT2D eigenvalue weighted by molar-refractivity contribution is 6.30. The molecule has 0 bridgehead atoms. The molecule has 1 heterocycles. The topological polar surface area (TPSA) is 110 Å². The third-order valence-corrected chi connectivity index (χ3v) is 5.45. The van der Waals surface area contributed by atoms with Gasteiger partial charge >= 0.3 is 0 Å². The molecule has 2 aromatic carbocycles. The van der Waals surface area contributed by atoms with Crippen molar-refractivity contribution in [1.29, 1.82) is 0 Å². The predicted molar refractivity (Wildman–Crippen MR) is 124 cm³/mol. The fourth-order valence-electron chi connectivity index (χ4n) is 3.44. The monoisotopic (exact) mass is 473 g/mol. The number of anilines is 1. The molecule has 0 aliphatic heterocycles. The van der Waals surface area contributed by atoms with Crippen molar-refractivity contribution < 1.29 is 18.8 Å². The van der Waals surface area contributed by atoms with Gasteiger partial charge < -0.3 is 16.0 Å². The Morgan fingerprint density at radius 1 is 1.24 bits per heavy atom. The molecule has 0 saturated heterocycles. The molecule has 1 aromatic heterocycles. The van der Waals surface area contributed by atoms with Gasteiger partial charge in [0.1, 0.15) is 18.1 Å². The number of aromatic nitrogens is 2. The Labute approximate surface area is 195 Å². The van der Waals surface area contributed by atoms with Gasteiger partial charge in [-0.15, -0.1) is 0 Å². The van der Waals surface area contributed by atoms with Crippen LogP contribution in [0.3, 0.4) is 0 Å². The second kappa shape index (κ2) is 9.99. The molecule has 0 fully saturated rings. The number of halogens is 2. The van der Waals surface area contributed by atoms with Gasteiger partial charge in [-0.2, -0.15) is 5.10 Å². The van der Waals surface area contributed by atoms with Crippen molar-refractivity contribution in [2.45, 2.75) is 39.9 Å². The van der Waals surface area contributed by atoms with Crippen LogP contribution >= 0.6 is 11.6 Å². The number of benzene rings is 2. The summed E-state index contributed by atoms with van der Waals surface area (Å²) < 4.78 is 15.5. The highest BCUT2D eigenvalue weighted by Crippen LogP contribution is 2.22. The molecule has 0 aliphatic carbocycles. The van der Waals surface area contributed by atoms with Crippen molar-refractivity contribution in [1.82, 2.24) is 20.0 Å². The maximum atomic E-state index is 14.0. The van der Waals surface area contributed by atoms with E-state index in [1.165, 1.54) is 28.6 Å². The third kappa shape index (κ3) is 5.48. The van der Waals surface area contributed by atoms with Gasteiger partial charge in [0.15, 0.2) is 5.78 Å². The van der Waals surface area contributed by atoms with Crippen LogP contribution in [-0.4, -0.2) is 44.9 Å². The van der Waals surface area contributed by atoms with Crippen molar-refractivity contribution in [2.24, 2.45) is 0 Å². The Kier molecular flexibility index (Phi) is 7.33. The molecule has 0 radical (unpaired) electrons. The number of ketones is 1. The fraction of sp³-hybridized carbons (Fsp3) is 0.304. The van der Waals surface area contributed by atoms with E-state index in [0.29, 0.717) is 16.6 Å². The minimum atomic E-state index is -0.594. The number of fused-ring (bicyclic) bond motifs is 1. The van der Waals surface area contributed by atoms with E-state index in [2.05, 4.69) is 10.4 Å². The third-order valence-electron chi connectivity index (χ3n) is 5.16. The van der Waals surface area contributed by atoms with E-state index in [1.807, 2.05) is 0 Å². The zero-order valence-electron chi connectivity index (χ0n) is 18.6. The number of nitrogen functional groups attached to an aromatic ring is 1. The first-order chi connectivity index (χ1) is 15.6. The number of Topliss-reactive ketones (excluding diaryl/α,β-unsaturated/α-hetero) is 1. The second-order valence-electron chi connectivity index (χ2n) is 7.94. The zero-order chi connectivity index (χ0) is 24.3. The van der Waals surface area contributed by atoms with E-state index in [0.717, 1.165) is 0 Å². The SMILES string of the molecule is CC(=O)c1nn(CC(=O)N(CC(=O)NCc2cccc(Cl)c2F)C(C)C)c2ccc(N)cc12. The van der Waals surface area contributed by atoms with E-state index in [4.69, 9.17) is 17.3 Å². The summed E-state index contributed by atoms with van der Waals surface area (Å²) in [6, 6.07) is 9.26. The second-order valence-corrected chi connectivity index (χ2v) is 8.35. The van der Waals surface area contributed by atoms with Crippen LogP contribution in [0.25, 0.3) is 10.9 Å². The summed E-state index contributed by atoms with van der Waals surface area (Å²) in [5.41, 5.74) is 7.38. The molecule has 8 nitrogen and oxygen atoms in total. The number of carbonyl (C=O) groups excluding carboxylic acids is 3. The molecule has 10 heteroatoms. The standard InChI is InChI=1S/C23H25ClFN5O3/c1-13(2)29(11-20(32)27-10-15-5-4-6-18(24)22(15)25)21(33)12-30-19-8-7-16(26)9-17(19)23(28-30)14(3)31/h4-9,13H,10-12,26H2,1-3H3,(H,27,32). The minimum absolute atomic E-state index is 0.0288. The molecule has 2 amide bonds. The molecular formula is C23H25ClFN5O3. The molecular weight excluding hydrogens is 449 g/mol. The lowest BCUT2D eigenvalue weighted by atomic mass is 10.1. The van der Waals surface area contributed by atoms with E-state index >= 15 is 0 Å². The summed E-state index contributed by atoms with van der Waals surface area (Å²) in [5.74, 6) is -1.64. The first-order valence-corrected chi connectivity index (χ1v) is 10.7. The van der Waals surface area contributed by atoms with E-state index in [1.54, 1.807) is 38.1 Å². The lowest BCUT2D eigenvalue weighted by Gasteiger charge is -2.26. The average molecular weight is 474 g/mol. The van der Waals surface area contributed by atoms with Gasteiger partial charge in [-0.05, 0) is 38.1 Å². The Bertz CT molecular complexity index is 1220. The minimum Gasteiger partial charge on any atom is -0.399 e. The summed E-state index contributed by atoms with van der Waals surface area (Å²) in [7, 11) is 0. The number of nitrogens with one attached hydrogen (secondary N) is 1. The van der Waals surface area contributed by atoms with E-state index < -0.39 is 11.7 Å². The summed E-state index contributed by atoms with van der Waals surface area (Å²) in [4.78, 5) is 38.9. The van der Waals surface area contributed by atoms with E-state index in [9.17, 15) is 18.8 Å². The Morgan fingerprint density at radius 3 is 2.64 bits per heavy atom. The van der Waals surface area contributed by atoms with Gasteiger partial charge in [0.05, 0.1) is 17.1 Å². The van der Waals surface area contributed by atoms with Gasteiger partial charge in [-0.1, -0.05) is 23.7 Å². The molecule has 33 heavy (non-hydrogen) atoms. The highest BCUT2D eigenvalue weighted by Gasteiger charge is 2.23. The Balaban J connectivity index is 1.73. The van der Waals surface area contributed by atoms with Gasteiger partial charge in [-0.25, -0.2) is 4.39 Å². The Hall–Kier alpha value is -3.46. The first kappa shape index (κ1) is 24.2. The predicted octanol–water partition coefficient (Wildman–Crippen LogP) is 3.17. The molecule has 174 valence electrons. The van der Waals surface area contributed by atoms with Crippen LogP contribution in [0.2, 0.25) is 5.02 Å². The van der Waals surface area contributed by atoms with Crippen molar-refractivity contribution in [3.63, 3.8) is 0 Å². The summed E-state index contributed by atoms with van der Waals surface area (Å²) >= 11 is 5.77. The molecule has 0 aliphatic rings. The Morgan fingerprint density at radius 2 is 1.97 bits per heavy atom. The smallest absolute Gasteiger partial charge is 0.245 e. The molecule has 0 saturated carbocycles. The van der Waals surface area contributed by atoms with Crippen LogP contribution < -0.4 is 11.1 Å². The van der Waals surface area contributed by atoms with Crippen LogP contribution in [0.5, 0.6) is 0 Å². The first-order valence-electron chi connectivity index (χ1n) is 10.3. The number of rotatable bonds is 8. The maximum absolute atomic E-state index is 14.0. The maximum Gasteiger partial charge on any atom is 0.245 e. The largest absolute Gasteiger partial charge is 0.399 e. The molecule has 0 unspecified atom stereocenters. The molecule has 3 aromatic rings. The number of amides is 2. The highest BCUT2D eigenvalue weighted by atomic mass is 35.5. The number of carbonyl (C=O) groups is 3. The van der Waals surface area contributed by atoms with Crippen LogP contribution in [0.4, 0.5) is 10.1 Å². The molecule has 0 spiro atoms. The van der Waals surface area contributed by atoms with Gasteiger partial charge in [0.2, 0.25) is 11.8 Å².